The maximum atomic E-state index is 11.9. The van der Waals surface area contributed by atoms with Crippen LogP contribution in [0.5, 0.6) is 0 Å². The average Bonchev–Trinajstić information content (AvgIpc) is 2.70. The Bertz CT molecular complexity index is 848. The number of carbonyl (C=O) groups is 1. The minimum absolute atomic E-state index is 0.00873. The van der Waals surface area contributed by atoms with Crippen molar-refractivity contribution in [2.24, 2.45) is 0 Å². The van der Waals surface area contributed by atoms with Crippen LogP contribution in [0.15, 0.2) is 66.0 Å². The van der Waals surface area contributed by atoms with Crippen molar-refractivity contribution >= 4 is 11.6 Å². The number of benzene rings is 1. The first-order chi connectivity index (χ1) is 13.7. The third-order valence-electron chi connectivity index (χ3n) is 5.34. The Morgan fingerprint density at radius 2 is 1.86 bits per heavy atom. The summed E-state index contributed by atoms with van der Waals surface area (Å²) in [5.41, 5.74) is 2.13. The quantitative estimate of drug-likeness (QED) is 0.570. The van der Waals surface area contributed by atoms with Gasteiger partial charge in [0, 0.05) is 57.6 Å². The Morgan fingerprint density at radius 1 is 1.21 bits per heavy atom. The summed E-state index contributed by atoms with van der Waals surface area (Å²) in [6.45, 7) is 1.57. The Labute approximate surface area is 174 Å². The number of carbonyl (C=O) groups excluding carboxylic acids is 1. The highest BCUT2D eigenvalue weighted by atomic mass is 16.2. The summed E-state index contributed by atoms with van der Waals surface area (Å²) in [5.74, 6) is 0.00873. The number of likely N-dealkylation sites (N-methyl/N-ethyl adjacent to an activating group) is 3. The van der Waals surface area contributed by atoms with Crippen molar-refractivity contribution in [3.63, 3.8) is 0 Å². The van der Waals surface area contributed by atoms with Crippen molar-refractivity contribution in [3.05, 3.63) is 66.0 Å². The van der Waals surface area contributed by atoms with E-state index in [0.29, 0.717) is 12.0 Å². The first-order valence-corrected chi connectivity index (χ1v) is 9.61. The molecule has 0 aliphatic heterocycles. The fourth-order valence-electron chi connectivity index (χ4n) is 3.34. The second-order valence-corrected chi connectivity index (χ2v) is 7.75. The van der Waals surface area contributed by atoms with E-state index in [2.05, 4.69) is 34.5 Å². The summed E-state index contributed by atoms with van der Waals surface area (Å²) >= 11 is 0. The molecule has 2 atom stereocenters. The van der Waals surface area contributed by atoms with Crippen LogP contribution in [0.2, 0.25) is 0 Å². The van der Waals surface area contributed by atoms with Crippen LogP contribution in [0.25, 0.3) is 0 Å². The minimum Gasteiger partial charge on any atom is -0.379 e. The Hall–Kier alpha value is -3.04. The first-order valence-electron chi connectivity index (χ1n) is 9.61. The van der Waals surface area contributed by atoms with Gasteiger partial charge < -0.3 is 15.1 Å². The van der Waals surface area contributed by atoms with E-state index in [4.69, 9.17) is 0 Å². The molecule has 1 aromatic rings. The second kappa shape index (κ2) is 9.44. The number of nitrogens with zero attached hydrogens (tertiary/aromatic N) is 4. The van der Waals surface area contributed by atoms with Crippen molar-refractivity contribution in [3.8, 4) is 6.07 Å². The molecular weight excluding hydrogens is 362 g/mol. The molecule has 0 saturated carbocycles. The first kappa shape index (κ1) is 22.3. The summed E-state index contributed by atoms with van der Waals surface area (Å²) in [5, 5.41) is 12.9. The number of rotatable bonds is 7. The third kappa shape index (κ3) is 5.27. The Morgan fingerprint density at radius 3 is 2.38 bits per heavy atom. The van der Waals surface area contributed by atoms with Gasteiger partial charge in [0.15, 0.2) is 0 Å². The third-order valence-corrected chi connectivity index (χ3v) is 5.34. The molecule has 2 rings (SSSR count). The maximum Gasteiger partial charge on any atom is 0.219 e. The van der Waals surface area contributed by atoms with Gasteiger partial charge in [-0.25, -0.2) is 0 Å². The van der Waals surface area contributed by atoms with Gasteiger partial charge in [-0.05, 0) is 32.3 Å². The molecule has 0 saturated heterocycles. The fraction of sp³-hybridized carbons (Fsp3) is 0.391. The molecule has 1 aliphatic carbocycles. The van der Waals surface area contributed by atoms with Crippen molar-refractivity contribution in [2.45, 2.75) is 24.9 Å². The maximum absolute atomic E-state index is 11.9. The number of nitriles is 1. The molecule has 154 valence electrons. The molecule has 0 radical (unpaired) electrons. The zero-order valence-corrected chi connectivity index (χ0v) is 18.2. The van der Waals surface area contributed by atoms with E-state index < -0.39 is 5.54 Å². The highest BCUT2D eigenvalue weighted by Crippen LogP contribution is 2.33. The molecule has 0 fully saturated rings. The molecule has 0 heterocycles. The zero-order valence-electron chi connectivity index (χ0n) is 18.2. The predicted octanol–water partition coefficient (Wildman–Crippen LogP) is 3.06. The van der Waals surface area contributed by atoms with Crippen LogP contribution < -0.4 is 5.32 Å². The molecule has 2 unspecified atom stereocenters. The van der Waals surface area contributed by atoms with E-state index >= 15 is 0 Å². The van der Waals surface area contributed by atoms with Crippen molar-refractivity contribution in [2.75, 3.05) is 40.6 Å². The van der Waals surface area contributed by atoms with Gasteiger partial charge in [0.25, 0.3) is 0 Å². The largest absolute Gasteiger partial charge is 0.379 e. The van der Waals surface area contributed by atoms with E-state index in [9.17, 15) is 10.1 Å². The number of hydrogen-bond acceptors (Lipinski definition) is 5. The van der Waals surface area contributed by atoms with E-state index in [1.807, 2.05) is 70.5 Å². The molecule has 29 heavy (non-hydrogen) atoms. The number of nitrogens with one attached hydrogen (secondary N) is 1. The lowest BCUT2D eigenvalue weighted by molar-refractivity contribution is -0.128. The molecule has 6 nitrogen and oxygen atoms in total. The van der Waals surface area contributed by atoms with E-state index in [-0.39, 0.29) is 11.9 Å². The topological polar surface area (TPSA) is 62.6 Å². The van der Waals surface area contributed by atoms with Gasteiger partial charge in [-0.3, -0.25) is 9.69 Å². The lowest BCUT2D eigenvalue weighted by Gasteiger charge is -2.42. The summed E-state index contributed by atoms with van der Waals surface area (Å²) < 4.78 is 0. The van der Waals surface area contributed by atoms with Crippen LogP contribution >= 0.6 is 0 Å². The SMILES string of the molecule is CC(=O)N(C)C1C=CC(C/C(C#N)=C/Nc2ccccc2)(N(C)C)C=C1N(C)C. The fourth-order valence-corrected chi connectivity index (χ4v) is 3.34. The number of para-hydroxylation sites is 1. The van der Waals surface area contributed by atoms with Gasteiger partial charge in [-0.2, -0.15) is 5.26 Å². The molecule has 0 spiro atoms. The monoisotopic (exact) mass is 393 g/mol. The van der Waals surface area contributed by atoms with Crippen LogP contribution in [0.4, 0.5) is 5.69 Å². The summed E-state index contributed by atoms with van der Waals surface area (Å²) in [6, 6.07) is 12.0. The van der Waals surface area contributed by atoms with E-state index in [1.165, 1.54) is 0 Å². The average molecular weight is 394 g/mol. The van der Waals surface area contributed by atoms with Gasteiger partial charge in [0.05, 0.1) is 17.6 Å². The number of amides is 1. The summed E-state index contributed by atoms with van der Waals surface area (Å²) in [7, 11) is 9.77. The van der Waals surface area contributed by atoms with Crippen LogP contribution in [0.3, 0.4) is 0 Å². The lowest BCUT2D eigenvalue weighted by atomic mass is 9.83. The van der Waals surface area contributed by atoms with E-state index in [1.54, 1.807) is 18.0 Å². The van der Waals surface area contributed by atoms with Gasteiger partial charge in [-0.1, -0.05) is 30.4 Å². The molecule has 0 bridgehead atoms. The molecule has 6 heteroatoms. The molecule has 1 aliphatic rings. The smallest absolute Gasteiger partial charge is 0.219 e. The van der Waals surface area contributed by atoms with Gasteiger partial charge in [0.2, 0.25) is 5.91 Å². The highest BCUT2D eigenvalue weighted by Gasteiger charge is 2.36. The predicted molar refractivity (Wildman–Crippen MR) is 118 cm³/mol. The lowest BCUT2D eigenvalue weighted by Crippen LogP contribution is -2.48. The van der Waals surface area contributed by atoms with Crippen molar-refractivity contribution < 1.29 is 4.79 Å². The van der Waals surface area contributed by atoms with Crippen molar-refractivity contribution in [1.82, 2.24) is 14.7 Å². The Kier molecular flexibility index (Phi) is 7.24. The summed E-state index contributed by atoms with van der Waals surface area (Å²) in [4.78, 5) is 17.8. The van der Waals surface area contributed by atoms with Crippen LogP contribution in [-0.4, -0.2) is 67.4 Å². The summed E-state index contributed by atoms with van der Waals surface area (Å²) in [6.07, 6.45) is 8.59. The van der Waals surface area contributed by atoms with Gasteiger partial charge in [0.1, 0.15) is 0 Å². The Balaban J connectivity index is 2.36. The molecule has 1 N–H and O–H groups in total. The van der Waals surface area contributed by atoms with Crippen LogP contribution in [-0.2, 0) is 4.79 Å². The highest BCUT2D eigenvalue weighted by molar-refractivity contribution is 5.74. The van der Waals surface area contributed by atoms with Gasteiger partial charge in [-0.15, -0.1) is 0 Å². The normalized spacial score (nSPS) is 21.4. The molecular formula is C23H31N5O. The number of anilines is 1. The van der Waals surface area contributed by atoms with Gasteiger partial charge >= 0.3 is 0 Å². The molecule has 0 aromatic heterocycles. The molecule has 1 amide bonds. The number of hydrogen-bond donors (Lipinski definition) is 1. The zero-order chi connectivity index (χ0) is 21.6. The minimum atomic E-state index is -0.465. The standard InChI is InChI=1S/C23H31N5O/c1-18(29)28(6)21-12-13-23(27(4)5,15-22(21)26(2)3)14-19(16-24)17-25-20-10-8-7-9-11-20/h7-13,15,17,21,25H,14H2,1-6H3/b19-17-. The second-order valence-electron chi connectivity index (χ2n) is 7.75. The van der Waals surface area contributed by atoms with Crippen LogP contribution in [0, 0.1) is 11.3 Å². The van der Waals surface area contributed by atoms with Crippen LogP contribution in [0.1, 0.15) is 13.3 Å². The van der Waals surface area contributed by atoms with Crippen molar-refractivity contribution in [1.29, 1.82) is 5.26 Å². The van der Waals surface area contributed by atoms with E-state index in [0.717, 1.165) is 11.4 Å². The molecule has 1 aromatic carbocycles.